The normalized spacial score (nSPS) is 20.4. The number of thioether (sulfide) groups is 1. The third-order valence-corrected chi connectivity index (χ3v) is 4.87. The molecular formula is C7H16N2O2S2. The van der Waals surface area contributed by atoms with Crippen LogP contribution in [-0.4, -0.2) is 49.6 Å². The molecule has 0 bridgehead atoms. The molecule has 1 saturated heterocycles. The fourth-order valence-electron chi connectivity index (χ4n) is 1.22. The van der Waals surface area contributed by atoms with Crippen LogP contribution in [0.3, 0.4) is 0 Å². The molecule has 13 heavy (non-hydrogen) atoms. The molecule has 0 aromatic heterocycles. The van der Waals surface area contributed by atoms with Gasteiger partial charge in [-0.1, -0.05) is 0 Å². The number of hydrogen-bond donors (Lipinski definition) is 1. The molecule has 1 aliphatic rings. The van der Waals surface area contributed by atoms with E-state index in [1.54, 1.807) is 4.31 Å². The summed E-state index contributed by atoms with van der Waals surface area (Å²) in [6.45, 7) is 1.77. The standard InChI is InChI=1S/C7H16N2O2S2/c8-2-1-7-13(10,11)9-3-5-12-6-4-9/h1-8H2. The zero-order valence-corrected chi connectivity index (χ0v) is 9.24. The highest BCUT2D eigenvalue weighted by Crippen LogP contribution is 2.13. The molecule has 1 heterocycles. The highest BCUT2D eigenvalue weighted by Gasteiger charge is 2.22. The molecule has 2 N–H and O–H groups in total. The highest BCUT2D eigenvalue weighted by atomic mass is 32.2. The van der Waals surface area contributed by atoms with Crippen molar-refractivity contribution in [1.82, 2.24) is 4.31 Å². The lowest BCUT2D eigenvalue weighted by atomic mass is 10.5. The molecule has 0 aromatic rings. The second kappa shape index (κ2) is 5.19. The SMILES string of the molecule is NCCCS(=O)(=O)N1CCSCC1. The van der Waals surface area contributed by atoms with Crippen LogP contribution in [0.25, 0.3) is 0 Å². The van der Waals surface area contributed by atoms with Crippen molar-refractivity contribution in [2.45, 2.75) is 6.42 Å². The van der Waals surface area contributed by atoms with Gasteiger partial charge < -0.3 is 5.73 Å². The van der Waals surface area contributed by atoms with Crippen LogP contribution in [0, 0.1) is 0 Å². The summed E-state index contributed by atoms with van der Waals surface area (Å²) in [5.74, 6) is 2.04. The van der Waals surface area contributed by atoms with Gasteiger partial charge in [-0.25, -0.2) is 12.7 Å². The van der Waals surface area contributed by atoms with Crippen molar-refractivity contribution >= 4 is 21.8 Å². The molecule has 4 nitrogen and oxygen atoms in total. The van der Waals surface area contributed by atoms with E-state index in [-0.39, 0.29) is 5.75 Å². The largest absolute Gasteiger partial charge is 0.330 e. The third-order valence-electron chi connectivity index (χ3n) is 1.97. The summed E-state index contributed by atoms with van der Waals surface area (Å²) >= 11 is 1.81. The fourth-order valence-corrected chi connectivity index (χ4v) is 3.88. The van der Waals surface area contributed by atoms with E-state index in [1.165, 1.54) is 0 Å². The molecule has 0 saturated carbocycles. The number of nitrogens with two attached hydrogens (primary N) is 1. The molecule has 6 heteroatoms. The Bertz CT molecular complexity index is 235. The van der Waals surface area contributed by atoms with Gasteiger partial charge in [0.1, 0.15) is 0 Å². The maximum absolute atomic E-state index is 11.6. The molecule has 0 unspecified atom stereocenters. The molecule has 1 rings (SSSR count). The van der Waals surface area contributed by atoms with Gasteiger partial charge in [0.05, 0.1) is 5.75 Å². The van der Waals surface area contributed by atoms with E-state index in [2.05, 4.69) is 0 Å². The van der Waals surface area contributed by atoms with Gasteiger partial charge in [0.15, 0.2) is 0 Å². The van der Waals surface area contributed by atoms with Crippen molar-refractivity contribution < 1.29 is 8.42 Å². The molecule has 0 radical (unpaired) electrons. The maximum Gasteiger partial charge on any atom is 0.214 e. The van der Waals surface area contributed by atoms with Crippen LogP contribution in [0.5, 0.6) is 0 Å². The van der Waals surface area contributed by atoms with E-state index < -0.39 is 10.0 Å². The van der Waals surface area contributed by atoms with Crippen LogP contribution in [0.2, 0.25) is 0 Å². The molecule has 0 amide bonds. The van der Waals surface area contributed by atoms with Gasteiger partial charge in [-0.2, -0.15) is 11.8 Å². The number of hydrogen-bond acceptors (Lipinski definition) is 4. The summed E-state index contributed by atoms with van der Waals surface area (Å²) < 4.78 is 24.8. The lowest BCUT2D eigenvalue weighted by molar-refractivity contribution is 0.442. The molecule has 0 spiro atoms. The van der Waals surface area contributed by atoms with E-state index in [4.69, 9.17) is 5.73 Å². The van der Waals surface area contributed by atoms with Gasteiger partial charge in [0.2, 0.25) is 10.0 Å². The number of nitrogens with zero attached hydrogens (tertiary/aromatic N) is 1. The Kier molecular flexibility index (Phi) is 4.51. The molecule has 0 atom stereocenters. The minimum Gasteiger partial charge on any atom is -0.330 e. The highest BCUT2D eigenvalue weighted by molar-refractivity contribution is 7.99. The summed E-state index contributed by atoms with van der Waals surface area (Å²) in [6, 6.07) is 0. The zero-order chi connectivity index (χ0) is 9.73. The number of sulfonamides is 1. The van der Waals surface area contributed by atoms with Crippen molar-refractivity contribution in [3.05, 3.63) is 0 Å². The van der Waals surface area contributed by atoms with E-state index in [1.807, 2.05) is 11.8 Å². The van der Waals surface area contributed by atoms with E-state index in [0.717, 1.165) is 11.5 Å². The molecule has 1 aliphatic heterocycles. The van der Waals surface area contributed by atoms with Crippen LogP contribution < -0.4 is 5.73 Å². The topological polar surface area (TPSA) is 63.4 Å². The van der Waals surface area contributed by atoms with Crippen molar-refractivity contribution in [3.8, 4) is 0 Å². The van der Waals surface area contributed by atoms with Gasteiger partial charge in [-0.3, -0.25) is 0 Å². The minimum absolute atomic E-state index is 0.203. The lowest BCUT2D eigenvalue weighted by Gasteiger charge is -2.25. The lowest BCUT2D eigenvalue weighted by Crippen LogP contribution is -2.39. The van der Waals surface area contributed by atoms with E-state index in [0.29, 0.717) is 26.1 Å². The van der Waals surface area contributed by atoms with Crippen molar-refractivity contribution in [3.63, 3.8) is 0 Å². The second-order valence-corrected chi connectivity index (χ2v) is 6.28. The summed E-state index contributed by atoms with van der Waals surface area (Å²) in [4.78, 5) is 0. The number of rotatable bonds is 4. The van der Waals surface area contributed by atoms with Gasteiger partial charge in [-0.15, -0.1) is 0 Å². The first-order valence-corrected chi connectivity index (χ1v) is 7.19. The molecular weight excluding hydrogens is 208 g/mol. The van der Waals surface area contributed by atoms with E-state index in [9.17, 15) is 8.42 Å². The summed E-state index contributed by atoms with van der Waals surface area (Å²) in [6.07, 6.45) is 0.561. The maximum atomic E-state index is 11.6. The van der Waals surface area contributed by atoms with Gasteiger partial charge >= 0.3 is 0 Å². The first kappa shape index (κ1) is 11.3. The summed E-state index contributed by atoms with van der Waals surface area (Å²) in [5.41, 5.74) is 5.28. The molecule has 1 fully saturated rings. The molecule has 0 aliphatic carbocycles. The van der Waals surface area contributed by atoms with Gasteiger partial charge in [-0.05, 0) is 13.0 Å². The average Bonchev–Trinajstić information content (AvgIpc) is 2.16. The predicted molar refractivity (Wildman–Crippen MR) is 56.4 cm³/mol. The van der Waals surface area contributed by atoms with Gasteiger partial charge in [0.25, 0.3) is 0 Å². The Morgan fingerprint density at radius 2 is 1.92 bits per heavy atom. The van der Waals surface area contributed by atoms with Crippen LogP contribution in [-0.2, 0) is 10.0 Å². The Hall–Kier alpha value is 0.220. The zero-order valence-electron chi connectivity index (χ0n) is 7.61. The Labute approximate surface area is 83.9 Å². The van der Waals surface area contributed by atoms with Crippen molar-refractivity contribution in [1.29, 1.82) is 0 Å². The van der Waals surface area contributed by atoms with Crippen LogP contribution >= 0.6 is 11.8 Å². The molecule has 78 valence electrons. The molecule has 0 aromatic carbocycles. The summed E-state index contributed by atoms with van der Waals surface area (Å²) in [5, 5.41) is 0. The quantitative estimate of drug-likeness (QED) is 0.713. The minimum atomic E-state index is -3.01. The van der Waals surface area contributed by atoms with Crippen LogP contribution in [0.4, 0.5) is 0 Å². The fraction of sp³-hybridized carbons (Fsp3) is 1.00. The first-order valence-electron chi connectivity index (χ1n) is 4.42. The Morgan fingerprint density at radius 1 is 1.31 bits per heavy atom. The first-order chi connectivity index (χ1) is 6.17. The predicted octanol–water partition coefficient (Wildman–Crippen LogP) is -0.286. The smallest absolute Gasteiger partial charge is 0.214 e. The van der Waals surface area contributed by atoms with E-state index >= 15 is 0 Å². The Morgan fingerprint density at radius 3 is 2.46 bits per heavy atom. The van der Waals surface area contributed by atoms with Crippen LogP contribution in [0.1, 0.15) is 6.42 Å². The Balaban J connectivity index is 2.47. The second-order valence-electron chi connectivity index (χ2n) is 2.97. The van der Waals surface area contributed by atoms with Crippen molar-refractivity contribution in [2.75, 3.05) is 36.9 Å². The van der Waals surface area contributed by atoms with Gasteiger partial charge in [0, 0.05) is 24.6 Å². The van der Waals surface area contributed by atoms with Crippen molar-refractivity contribution in [2.24, 2.45) is 5.73 Å². The summed E-state index contributed by atoms with van der Waals surface area (Å²) in [7, 11) is -3.01. The monoisotopic (exact) mass is 224 g/mol. The average molecular weight is 224 g/mol. The van der Waals surface area contributed by atoms with Crippen LogP contribution in [0.15, 0.2) is 0 Å². The third kappa shape index (κ3) is 3.46.